The van der Waals surface area contributed by atoms with Crippen molar-refractivity contribution >= 4 is 23.6 Å². The van der Waals surface area contributed by atoms with Crippen molar-refractivity contribution in [2.75, 3.05) is 24.7 Å². The summed E-state index contributed by atoms with van der Waals surface area (Å²) in [7, 11) is 0. The Kier molecular flexibility index (Phi) is 15.0. The molecule has 1 amide bonds. The number of amides is 1. The molecular weight excluding hydrogens is 386 g/mol. The van der Waals surface area contributed by atoms with Gasteiger partial charge >= 0.3 is 5.97 Å². The molecule has 0 fully saturated rings. The van der Waals surface area contributed by atoms with Crippen molar-refractivity contribution in [2.24, 2.45) is 0 Å². The normalized spacial score (nSPS) is 10.7. The molecule has 0 aliphatic carbocycles. The summed E-state index contributed by atoms with van der Waals surface area (Å²) >= 11 is 1.61. The van der Waals surface area contributed by atoms with Gasteiger partial charge in [0.2, 0.25) is 0 Å². The van der Waals surface area contributed by atoms with Crippen LogP contribution in [0.5, 0.6) is 5.75 Å². The molecule has 0 bridgehead atoms. The Bertz CT molecular complexity index is 580. The van der Waals surface area contributed by atoms with Crippen molar-refractivity contribution in [1.29, 1.82) is 0 Å². The minimum absolute atomic E-state index is 0.0645. The zero-order chi connectivity index (χ0) is 21.2. The van der Waals surface area contributed by atoms with E-state index in [1.54, 1.807) is 30.0 Å². The maximum atomic E-state index is 11.9. The highest BCUT2D eigenvalue weighted by Crippen LogP contribution is 2.15. The van der Waals surface area contributed by atoms with E-state index in [1.165, 1.54) is 63.9 Å². The van der Waals surface area contributed by atoms with Crippen LogP contribution in [0.15, 0.2) is 24.3 Å². The van der Waals surface area contributed by atoms with Crippen LogP contribution >= 0.6 is 11.8 Å². The van der Waals surface area contributed by atoms with E-state index in [2.05, 4.69) is 12.2 Å². The fourth-order valence-corrected chi connectivity index (χ4v) is 3.78. The number of ether oxygens (including phenoxy) is 1. The quantitative estimate of drug-likeness (QED) is 0.262. The third-order valence-electron chi connectivity index (χ3n) is 4.66. The fourth-order valence-electron chi connectivity index (χ4n) is 2.98. The third kappa shape index (κ3) is 13.2. The monoisotopic (exact) mass is 423 g/mol. The van der Waals surface area contributed by atoms with Crippen LogP contribution in [0.4, 0.5) is 0 Å². The number of thioether (sulfide) groups is 1. The molecule has 29 heavy (non-hydrogen) atoms. The van der Waals surface area contributed by atoms with Gasteiger partial charge in [0.15, 0.2) is 0 Å². The molecule has 0 aromatic heterocycles. The van der Waals surface area contributed by atoms with Gasteiger partial charge in [-0.2, -0.15) is 11.8 Å². The third-order valence-corrected chi connectivity index (χ3v) is 5.68. The lowest BCUT2D eigenvalue weighted by Crippen LogP contribution is -2.28. The first-order valence-electron chi connectivity index (χ1n) is 10.9. The largest absolute Gasteiger partial charge is 0.507 e. The van der Waals surface area contributed by atoms with Crippen molar-refractivity contribution in [1.82, 2.24) is 5.32 Å². The van der Waals surface area contributed by atoms with E-state index in [-0.39, 0.29) is 36.3 Å². The van der Waals surface area contributed by atoms with Gasteiger partial charge in [0, 0.05) is 0 Å². The molecule has 1 aromatic carbocycles. The molecule has 0 unspecified atom stereocenters. The van der Waals surface area contributed by atoms with Crippen LogP contribution in [-0.4, -0.2) is 41.6 Å². The number of benzene rings is 1. The Labute approximate surface area is 180 Å². The fraction of sp³-hybridized carbons (Fsp3) is 0.652. The Morgan fingerprint density at radius 2 is 1.59 bits per heavy atom. The van der Waals surface area contributed by atoms with Gasteiger partial charge in [-0.3, -0.25) is 9.59 Å². The summed E-state index contributed by atoms with van der Waals surface area (Å²) in [5, 5.41) is 12.2. The van der Waals surface area contributed by atoms with E-state index in [1.807, 2.05) is 0 Å². The number of aromatic hydroxyl groups is 1. The number of rotatable bonds is 17. The summed E-state index contributed by atoms with van der Waals surface area (Å²) in [6.07, 6.45) is 13.1. The number of unbranched alkanes of at least 4 members (excludes halogenated alkanes) is 9. The van der Waals surface area contributed by atoms with Crippen LogP contribution in [0.1, 0.15) is 81.5 Å². The number of esters is 1. The van der Waals surface area contributed by atoms with Gasteiger partial charge in [-0.05, 0) is 24.3 Å². The summed E-state index contributed by atoms with van der Waals surface area (Å²) < 4.78 is 5.12. The zero-order valence-electron chi connectivity index (χ0n) is 17.8. The van der Waals surface area contributed by atoms with E-state index in [0.717, 1.165) is 12.2 Å². The zero-order valence-corrected chi connectivity index (χ0v) is 18.6. The lowest BCUT2D eigenvalue weighted by Gasteiger charge is -2.08. The predicted octanol–water partition coefficient (Wildman–Crippen LogP) is 5.32. The van der Waals surface area contributed by atoms with Crippen molar-refractivity contribution in [3.63, 3.8) is 0 Å². The van der Waals surface area contributed by atoms with Gasteiger partial charge in [0.05, 0.1) is 17.9 Å². The molecule has 0 spiro atoms. The average Bonchev–Trinajstić information content (AvgIpc) is 2.72. The van der Waals surface area contributed by atoms with Crippen molar-refractivity contribution in [3.8, 4) is 5.75 Å². The maximum absolute atomic E-state index is 11.9. The highest BCUT2D eigenvalue weighted by atomic mass is 32.2. The molecule has 0 aliphatic rings. The molecule has 0 saturated heterocycles. The number of nitrogens with one attached hydrogen (secondary N) is 1. The second kappa shape index (κ2) is 17.2. The second-order valence-corrected chi connectivity index (χ2v) is 8.33. The molecule has 1 rings (SSSR count). The standard InChI is InChI=1S/C23H37NO4S/c1-2-3-4-5-6-7-8-9-10-13-18-29-19-22(26)28-17-16-24-23(27)20-14-11-12-15-21(20)25/h11-12,14-15,25H,2-10,13,16-19H2,1H3,(H,24,27). The van der Waals surface area contributed by atoms with Gasteiger partial charge in [-0.15, -0.1) is 0 Å². The van der Waals surface area contributed by atoms with Crippen LogP contribution in [0, 0.1) is 0 Å². The number of carbonyl (C=O) groups excluding carboxylic acids is 2. The Morgan fingerprint density at radius 3 is 2.24 bits per heavy atom. The van der Waals surface area contributed by atoms with Gasteiger partial charge in [0.1, 0.15) is 12.4 Å². The number of phenols is 1. The Balaban J connectivity index is 1.89. The molecule has 0 radical (unpaired) electrons. The smallest absolute Gasteiger partial charge is 0.315 e. The van der Waals surface area contributed by atoms with E-state index < -0.39 is 0 Å². The van der Waals surface area contributed by atoms with Gasteiger partial charge in [0.25, 0.3) is 5.91 Å². The lowest BCUT2D eigenvalue weighted by molar-refractivity contribution is -0.140. The van der Waals surface area contributed by atoms with Crippen molar-refractivity contribution in [3.05, 3.63) is 29.8 Å². The van der Waals surface area contributed by atoms with Crippen LogP contribution in [0.2, 0.25) is 0 Å². The lowest BCUT2D eigenvalue weighted by atomic mass is 10.1. The van der Waals surface area contributed by atoms with E-state index in [0.29, 0.717) is 5.75 Å². The summed E-state index contributed by atoms with van der Waals surface area (Å²) in [4.78, 5) is 23.6. The van der Waals surface area contributed by atoms with E-state index >= 15 is 0 Å². The topological polar surface area (TPSA) is 75.6 Å². The summed E-state index contributed by atoms with van der Waals surface area (Å²) in [5.41, 5.74) is 0.214. The Hall–Kier alpha value is -1.69. The number of para-hydroxylation sites is 1. The number of phenolic OH excluding ortho intramolecular Hbond substituents is 1. The van der Waals surface area contributed by atoms with E-state index in [9.17, 15) is 14.7 Å². The Morgan fingerprint density at radius 1 is 0.966 bits per heavy atom. The van der Waals surface area contributed by atoms with Crippen LogP contribution in [0.3, 0.4) is 0 Å². The molecule has 1 aromatic rings. The van der Waals surface area contributed by atoms with Crippen molar-refractivity contribution < 1.29 is 19.4 Å². The van der Waals surface area contributed by atoms with E-state index in [4.69, 9.17) is 4.74 Å². The first kappa shape index (κ1) is 25.3. The molecule has 0 atom stereocenters. The minimum atomic E-state index is -0.380. The molecule has 0 aliphatic heterocycles. The molecular formula is C23H37NO4S. The summed E-state index contributed by atoms with van der Waals surface area (Å²) in [6.45, 7) is 2.61. The molecule has 0 heterocycles. The van der Waals surface area contributed by atoms with Crippen LogP contribution < -0.4 is 5.32 Å². The SMILES string of the molecule is CCCCCCCCCCCCSCC(=O)OCCNC(=O)c1ccccc1O. The first-order valence-corrected chi connectivity index (χ1v) is 12.1. The van der Waals surface area contributed by atoms with Crippen molar-refractivity contribution in [2.45, 2.75) is 71.1 Å². The number of hydrogen-bond donors (Lipinski definition) is 2. The molecule has 2 N–H and O–H groups in total. The van der Waals surface area contributed by atoms with Gasteiger partial charge < -0.3 is 15.2 Å². The summed E-state index contributed by atoms with van der Waals surface area (Å²) in [5.74, 6) is 0.638. The maximum Gasteiger partial charge on any atom is 0.315 e. The number of carbonyl (C=O) groups is 2. The first-order chi connectivity index (χ1) is 14.1. The highest BCUT2D eigenvalue weighted by molar-refractivity contribution is 7.99. The average molecular weight is 424 g/mol. The predicted molar refractivity (Wildman–Crippen MR) is 121 cm³/mol. The second-order valence-electron chi connectivity index (χ2n) is 7.23. The minimum Gasteiger partial charge on any atom is -0.507 e. The molecule has 5 nitrogen and oxygen atoms in total. The van der Waals surface area contributed by atoms with Gasteiger partial charge in [-0.1, -0.05) is 76.8 Å². The van der Waals surface area contributed by atoms with Gasteiger partial charge in [-0.25, -0.2) is 0 Å². The molecule has 0 saturated carbocycles. The summed E-state index contributed by atoms with van der Waals surface area (Å²) in [6, 6.07) is 6.34. The highest BCUT2D eigenvalue weighted by Gasteiger charge is 2.09. The van der Waals surface area contributed by atoms with Crippen LogP contribution in [-0.2, 0) is 9.53 Å². The molecule has 6 heteroatoms. The number of hydrogen-bond acceptors (Lipinski definition) is 5. The van der Waals surface area contributed by atoms with Crippen LogP contribution in [0.25, 0.3) is 0 Å². The molecule has 164 valence electrons.